The Labute approximate surface area is 104 Å². The van der Waals surface area contributed by atoms with Crippen LogP contribution < -0.4 is 5.32 Å². The fourth-order valence-corrected chi connectivity index (χ4v) is 2.51. The molecule has 2 rings (SSSR count). The van der Waals surface area contributed by atoms with Gasteiger partial charge in [0.1, 0.15) is 0 Å². The molecule has 94 valence electrons. The Hall–Kier alpha value is -0.860. The summed E-state index contributed by atoms with van der Waals surface area (Å²) in [5, 5.41) is 12.8. The number of aliphatic hydroxyl groups is 1. The molecule has 2 N–H and O–H groups in total. The zero-order valence-corrected chi connectivity index (χ0v) is 11.1. The zero-order chi connectivity index (χ0) is 12.5. The molecule has 0 unspecified atom stereocenters. The van der Waals surface area contributed by atoms with E-state index in [9.17, 15) is 5.11 Å². The largest absolute Gasteiger partial charge is 0.396 e. The van der Waals surface area contributed by atoms with Crippen molar-refractivity contribution in [2.24, 2.45) is 5.41 Å². The molecule has 0 saturated heterocycles. The van der Waals surface area contributed by atoms with E-state index in [1.165, 1.54) is 35.1 Å². The molecule has 1 saturated carbocycles. The van der Waals surface area contributed by atoms with E-state index in [0.717, 1.165) is 13.1 Å². The van der Waals surface area contributed by atoms with Crippen molar-refractivity contribution >= 4 is 0 Å². The van der Waals surface area contributed by atoms with E-state index in [1.54, 1.807) is 0 Å². The standard InChI is InChI=1S/C15H23NO/c1-11-6-12(2)14(13(3)7-11)8-16-9-15(10-17)4-5-15/h6-7,16-17H,4-5,8-10H2,1-3H3. The monoisotopic (exact) mass is 233 g/mol. The molecule has 0 bridgehead atoms. The van der Waals surface area contributed by atoms with Crippen molar-refractivity contribution in [3.05, 3.63) is 34.4 Å². The maximum Gasteiger partial charge on any atom is 0.0499 e. The summed E-state index contributed by atoms with van der Waals surface area (Å²) in [6, 6.07) is 4.48. The highest BCUT2D eigenvalue weighted by Gasteiger charge is 2.41. The Kier molecular flexibility index (Phi) is 3.55. The SMILES string of the molecule is Cc1cc(C)c(CNCC2(CO)CC2)c(C)c1. The molecule has 2 heteroatoms. The molecule has 0 amide bonds. The lowest BCUT2D eigenvalue weighted by molar-refractivity contribution is 0.207. The molecule has 0 aliphatic heterocycles. The Morgan fingerprint density at radius 1 is 1.18 bits per heavy atom. The van der Waals surface area contributed by atoms with Crippen LogP contribution in [0.2, 0.25) is 0 Å². The van der Waals surface area contributed by atoms with Crippen molar-refractivity contribution in [1.29, 1.82) is 0 Å². The van der Waals surface area contributed by atoms with Gasteiger partial charge < -0.3 is 10.4 Å². The van der Waals surface area contributed by atoms with Gasteiger partial charge in [0.25, 0.3) is 0 Å². The summed E-state index contributed by atoms with van der Waals surface area (Å²) in [7, 11) is 0. The third kappa shape index (κ3) is 2.88. The number of aryl methyl sites for hydroxylation is 3. The number of nitrogens with one attached hydrogen (secondary N) is 1. The van der Waals surface area contributed by atoms with Crippen LogP contribution >= 0.6 is 0 Å². The number of benzene rings is 1. The fourth-order valence-electron chi connectivity index (χ4n) is 2.51. The van der Waals surface area contributed by atoms with E-state index in [-0.39, 0.29) is 5.41 Å². The Bertz CT molecular complexity index is 384. The number of rotatable bonds is 5. The van der Waals surface area contributed by atoms with Gasteiger partial charge in [0, 0.05) is 25.1 Å². The van der Waals surface area contributed by atoms with E-state index in [0.29, 0.717) is 6.61 Å². The average molecular weight is 233 g/mol. The lowest BCUT2D eigenvalue weighted by atomic mass is 9.99. The lowest BCUT2D eigenvalue weighted by Gasteiger charge is -2.16. The molecule has 0 aromatic heterocycles. The highest BCUT2D eigenvalue weighted by Crippen LogP contribution is 2.44. The molecule has 2 nitrogen and oxygen atoms in total. The Morgan fingerprint density at radius 3 is 2.24 bits per heavy atom. The van der Waals surface area contributed by atoms with E-state index < -0.39 is 0 Å². The van der Waals surface area contributed by atoms with Crippen LogP contribution in [-0.2, 0) is 6.54 Å². The van der Waals surface area contributed by atoms with Gasteiger partial charge in [0.05, 0.1) is 0 Å². The summed E-state index contributed by atoms with van der Waals surface area (Å²) in [6.45, 7) is 8.68. The molecule has 0 atom stereocenters. The predicted molar refractivity (Wildman–Crippen MR) is 71.1 cm³/mol. The minimum atomic E-state index is 0.201. The molecule has 0 heterocycles. The molecular formula is C15H23NO. The van der Waals surface area contributed by atoms with E-state index >= 15 is 0 Å². The van der Waals surface area contributed by atoms with Crippen molar-refractivity contribution in [1.82, 2.24) is 5.32 Å². The smallest absolute Gasteiger partial charge is 0.0499 e. The summed E-state index contributed by atoms with van der Waals surface area (Å²) in [5.41, 5.74) is 5.67. The van der Waals surface area contributed by atoms with E-state index in [1.807, 2.05) is 0 Å². The molecule has 0 radical (unpaired) electrons. The number of aliphatic hydroxyl groups excluding tert-OH is 1. The molecule has 17 heavy (non-hydrogen) atoms. The summed E-state index contributed by atoms with van der Waals surface area (Å²) < 4.78 is 0. The summed E-state index contributed by atoms with van der Waals surface area (Å²) >= 11 is 0. The molecule has 1 fully saturated rings. The van der Waals surface area contributed by atoms with Crippen LogP contribution in [0.4, 0.5) is 0 Å². The van der Waals surface area contributed by atoms with Crippen LogP contribution in [-0.4, -0.2) is 18.3 Å². The highest BCUT2D eigenvalue weighted by atomic mass is 16.3. The minimum Gasteiger partial charge on any atom is -0.396 e. The van der Waals surface area contributed by atoms with Gasteiger partial charge in [-0.15, -0.1) is 0 Å². The van der Waals surface area contributed by atoms with E-state index in [4.69, 9.17) is 0 Å². The Balaban J connectivity index is 1.95. The van der Waals surface area contributed by atoms with E-state index in [2.05, 4.69) is 38.2 Å². The summed E-state index contributed by atoms with van der Waals surface area (Å²) in [6.07, 6.45) is 2.34. The predicted octanol–water partition coefficient (Wildman–Crippen LogP) is 2.47. The van der Waals surface area contributed by atoms with Gasteiger partial charge in [-0.05, 0) is 50.3 Å². The van der Waals surface area contributed by atoms with Crippen molar-refractivity contribution in [2.45, 2.75) is 40.2 Å². The maximum atomic E-state index is 9.26. The van der Waals surface area contributed by atoms with Gasteiger partial charge in [-0.3, -0.25) is 0 Å². The maximum absolute atomic E-state index is 9.26. The van der Waals surface area contributed by atoms with Crippen LogP contribution in [0.1, 0.15) is 35.1 Å². The van der Waals surface area contributed by atoms with Crippen LogP contribution in [0.25, 0.3) is 0 Å². The second-order valence-corrected chi connectivity index (χ2v) is 5.64. The molecule has 1 aliphatic carbocycles. The van der Waals surface area contributed by atoms with Gasteiger partial charge in [0.2, 0.25) is 0 Å². The van der Waals surface area contributed by atoms with Gasteiger partial charge in [-0.25, -0.2) is 0 Å². The quantitative estimate of drug-likeness (QED) is 0.819. The summed E-state index contributed by atoms with van der Waals surface area (Å²) in [5.74, 6) is 0. The first kappa shape index (κ1) is 12.6. The summed E-state index contributed by atoms with van der Waals surface area (Å²) in [4.78, 5) is 0. The number of hydrogen-bond donors (Lipinski definition) is 2. The van der Waals surface area contributed by atoms with Crippen LogP contribution in [0.15, 0.2) is 12.1 Å². The second kappa shape index (κ2) is 4.79. The lowest BCUT2D eigenvalue weighted by Crippen LogP contribution is -2.26. The average Bonchev–Trinajstić information content (AvgIpc) is 3.02. The molecule has 1 aromatic carbocycles. The number of hydrogen-bond acceptors (Lipinski definition) is 2. The first-order valence-corrected chi connectivity index (χ1v) is 6.45. The van der Waals surface area contributed by atoms with Crippen molar-refractivity contribution in [2.75, 3.05) is 13.2 Å². The third-order valence-corrected chi connectivity index (χ3v) is 3.93. The van der Waals surface area contributed by atoms with Crippen molar-refractivity contribution < 1.29 is 5.11 Å². The van der Waals surface area contributed by atoms with Gasteiger partial charge in [-0.2, -0.15) is 0 Å². The molecule has 0 spiro atoms. The van der Waals surface area contributed by atoms with Crippen LogP contribution in [0.3, 0.4) is 0 Å². The Morgan fingerprint density at radius 2 is 1.76 bits per heavy atom. The fraction of sp³-hybridized carbons (Fsp3) is 0.600. The van der Waals surface area contributed by atoms with Gasteiger partial charge >= 0.3 is 0 Å². The third-order valence-electron chi connectivity index (χ3n) is 3.93. The van der Waals surface area contributed by atoms with Crippen LogP contribution in [0.5, 0.6) is 0 Å². The molecular weight excluding hydrogens is 210 g/mol. The molecule has 1 aromatic rings. The second-order valence-electron chi connectivity index (χ2n) is 5.64. The van der Waals surface area contributed by atoms with Crippen LogP contribution in [0, 0.1) is 26.2 Å². The van der Waals surface area contributed by atoms with Gasteiger partial charge in [0.15, 0.2) is 0 Å². The van der Waals surface area contributed by atoms with Gasteiger partial charge in [-0.1, -0.05) is 17.7 Å². The van der Waals surface area contributed by atoms with Crippen molar-refractivity contribution in [3.8, 4) is 0 Å². The topological polar surface area (TPSA) is 32.3 Å². The zero-order valence-electron chi connectivity index (χ0n) is 11.1. The highest BCUT2D eigenvalue weighted by molar-refractivity contribution is 5.37. The van der Waals surface area contributed by atoms with Crippen molar-refractivity contribution in [3.63, 3.8) is 0 Å². The first-order valence-electron chi connectivity index (χ1n) is 6.45. The normalized spacial score (nSPS) is 17.2. The first-order chi connectivity index (χ1) is 8.06. The molecule has 1 aliphatic rings. The minimum absolute atomic E-state index is 0.201.